The van der Waals surface area contributed by atoms with E-state index in [1.54, 1.807) is 14.2 Å². The van der Waals surface area contributed by atoms with Crippen molar-refractivity contribution in [2.45, 2.75) is 47.6 Å². The number of nitrogens with one attached hydrogen (secondary N) is 1. The second-order valence-corrected chi connectivity index (χ2v) is 10.2. The number of anilines is 1. The molecule has 9 heteroatoms. The van der Waals surface area contributed by atoms with Gasteiger partial charge in [-0.15, -0.1) is 10.2 Å². The first-order valence-electron chi connectivity index (χ1n) is 12.1. The highest BCUT2D eigenvalue weighted by Crippen LogP contribution is 2.29. The lowest BCUT2D eigenvalue weighted by molar-refractivity contribution is 0.187. The fourth-order valence-corrected chi connectivity index (χ4v) is 4.01. The smallest absolute Gasteiger partial charge is 0.164 e. The van der Waals surface area contributed by atoms with Gasteiger partial charge >= 0.3 is 0 Å². The molecule has 0 spiro atoms. The molecule has 0 unspecified atom stereocenters. The maximum absolute atomic E-state index is 5.75. The monoisotopic (exact) mass is 489 g/mol. The summed E-state index contributed by atoms with van der Waals surface area (Å²) in [5, 5.41) is 13.1. The SMILES string of the molecule is COCCn1c(C)nnc1-c1ccc(Cc2ncc3cc(C)nc(NCC(C)(C)C)c3n2)c(OC)c1. The molecule has 190 valence electrons. The Hall–Kier alpha value is -3.59. The summed E-state index contributed by atoms with van der Waals surface area (Å²) >= 11 is 0. The molecule has 0 bridgehead atoms. The highest BCUT2D eigenvalue weighted by Gasteiger charge is 2.16. The van der Waals surface area contributed by atoms with Gasteiger partial charge in [0.2, 0.25) is 0 Å². The van der Waals surface area contributed by atoms with Gasteiger partial charge in [0.15, 0.2) is 11.6 Å². The molecule has 0 saturated carbocycles. The first-order chi connectivity index (χ1) is 17.2. The molecule has 1 N–H and O–H groups in total. The number of nitrogens with zero attached hydrogens (tertiary/aromatic N) is 6. The molecule has 3 heterocycles. The first-order valence-corrected chi connectivity index (χ1v) is 12.1. The van der Waals surface area contributed by atoms with Crippen LogP contribution in [0.5, 0.6) is 5.75 Å². The van der Waals surface area contributed by atoms with Crippen LogP contribution in [0.4, 0.5) is 5.82 Å². The van der Waals surface area contributed by atoms with Gasteiger partial charge in [0.25, 0.3) is 0 Å². The molecule has 36 heavy (non-hydrogen) atoms. The van der Waals surface area contributed by atoms with Crippen LogP contribution in [0.25, 0.3) is 22.3 Å². The number of ether oxygens (including phenoxy) is 2. The second-order valence-electron chi connectivity index (χ2n) is 10.2. The number of aromatic nitrogens is 6. The fraction of sp³-hybridized carbons (Fsp3) is 0.444. The van der Waals surface area contributed by atoms with Gasteiger partial charge in [0, 0.05) is 55.0 Å². The van der Waals surface area contributed by atoms with Crippen LogP contribution in [-0.4, -0.2) is 57.1 Å². The van der Waals surface area contributed by atoms with Gasteiger partial charge in [-0.1, -0.05) is 32.9 Å². The van der Waals surface area contributed by atoms with Crippen LogP contribution in [0, 0.1) is 19.3 Å². The van der Waals surface area contributed by atoms with Crippen molar-refractivity contribution in [2.75, 3.05) is 32.7 Å². The summed E-state index contributed by atoms with van der Waals surface area (Å²) in [6.07, 6.45) is 2.40. The van der Waals surface area contributed by atoms with Gasteiger partial charge < -0.3 is 19.4 Å². The van der Waals surface area contributed by atoms with Crippen molar-refractivity contribution >= 4 is 16.7 Å². The summed E-state index contributed by atoms with van der Waals surface area (Å²) < 4.78 is 13.0. The number of pyridine rings is 1. The molecule has 3 aromatic heterocycles. The largest absolute Gasteiger partial charge is 0.496 e. The van der Waals surface area contributed by atoms with Crippen LogP contribution in [0.2, 0.25) is 0 Å². The highest BCUT2D eigenvalue weighted by atomic mass is 16.5. The molecule has 0 atom stereocenters. The molecule has 9 nitrogen and oxygen atoms in total. The molecule has 0 aliphatic carbocycles. The summed E-state index contributed by atoms with van der Waals surface area (Å²) in [6.45, 7) is 12.6. The molecular formula is C27H35N7O2. The molecule has 4 rings (SSSR count). The van der Waals surface area contributed by atoms with Gasteiger partial charge in [-0.05, 0) is 31.4 Å². The van der Waals surface area contributed by atoms with E-state index in [0.717, 1.165) is 57.5 Å². The maximum atomic E-state index is 5.75. The van der Waals surface area contributed by atoms with E-state index in [2.05, 4.69) is 41.3 Å². The number of rotatable bonds is 9. The van der Waals surface area contributed by atoms with Gasteiger partial charge in [-0.2, -0.15) is 0 Å². The van der Waals surface area contributed by atoms with Crippen LogP contribution in [-0.2, 0) is 17.7 Å². The number of hydrogen-bond acceptors (Lipinski definition) is 8. The number of aryl methyl sites for hydroxylation is 2. The average Bonchev–Trinajstić information content (AvgIpc) is 3.21. The Bertz CT molecular complexity index is 1360. The Morgan fingerprint density at radius 1 is 1.03 bits per heavy atom. The number of benzene rings is 1. The number of methoxy groups -OCH3 is 2. The van der Waals surface area contributed by atoms with Gasteiger partial charge in [0.05, 0.1) is 13.7 Å². The van der Waals surface area contributed by atoms with E-state index in [9.17, 15) is 0 Å². The molecular weight excluding hydrogens is 454 g/mol. The predicted molar refractivity (Wildman–Crippen MR) is 141 cm³/mol. The first kappa shape index (κ1) is 25.5. The van der Waals surface area contributed by atoms with Crippen molar-refractivity contribution in [3.05, 3.63) is 53.4 Å². The zero-order chi connectivity index (χ0) is 25.9. The molecule has 0 aliphatic rings. The lowest BCUT2D eigenvalue weighted by Gasteiger charge is -2.20. The van der Waals surface area contributed by atoms with Crippen molar-refractivity contribution < 1.29 is 9.47 Å². The summed E-state index contributed by atoms with van der Waals surface area (Å²) in [5.74, 6) is 3.87. The zero-order valence-electron chi connectivity index (χ0n) is 22.2. The van der Waals surface area contributed by atoms with E-state index >= 15 is 0 Å². The maximum Gasteiger partial charge on any atom is 0.164 e. The Morgan fingerprint density at radius 3 is 2.56 bits per heavy atom. The van der Waals surface area contributed by atoms with Crippen LogP contribution < -0.4 is 10.1 Å². The number of hydrogen-bond donors (Lipinski definition) is 1. The predicted octanol–water partition coefficient (Wildman–Crippen LogP) is 4.60. The third kappa shape index (κ3) is 5.79. The van der Waals surface area contributed by atoms with Gasteiger partial charge in [-0.3, -0.25) is 0 Å². The van der Waals surface area contributed by atoms with E-state index in [1.807, 2.05) is 48.9 Å². The molecule has 0 saturated heterocycles. The van der Waals surface area contributed by atoms with Crippen molar-refractivity contribution in [1.29, 1.82) is 0 Å². The van der Waals surface area contributed by atoms with E-state index in [1.165, 1.54) is 0 Å². The third-order valence-electron chi connectivity index (χ3n) is 5.88. The molecule has 1 aromatic carbocycles. The number of fused-ring (bicyclic) bond motifs is 1. The Morgan fingerprint density at radius 2 is 1.83 bits per heavy atom. The molecule has 0 radical (unpaired) electrons. The summed E-state index contributed by atoms with van der Waals surface area (Å²) in [5.41, 5.74) is 3.80. The van der Waals surface area contributed by atoms with Crippen molar-refractivity contribution in [2.24, 2.45) is 5.41 Å². The van der Waals surface area contributed by atoms with Crippen LogP contribution in [0.1, 0.15) is 43.7 Å². The second kappa shape index (κ2) is 10.6. The fourth-order valence-electron chi connectivity index (χ4n) is 4.01. The minimum atomic E-state index is 0.120. The summed E-state index contributed by atoms with van der Waals surface area (Å²) in [6, 6.07) is 8.08. The van der Waals surface area contributed by atoms with Gasteiger partial charge in [-0.25, -0.2) is 15.0 Å². The van der Waals surface area contributed by atoms with E-state index in [-0.39, 0.29) is 5.41 Å². The van der Waals surface area contributed by atoms with Crippen LogP contribution in [0.3, 0.4) is 0 Å². The molecule has 0 aliphatic heterocycles. The minimum Gasteiger partial charge on any atom is -0.496 e. The zero-order valence-corrected chi connectivity index (χ0v) is 22.2. The van der Waals surface area contributed by atoms with E-state index < -0.39 is 0 Å². The third-order valence-corrected chi connectivity index (χ3v) is 5.88. The summed E-state index contributed by atoms with van der Waals surface area (Å²) in [4.78, 5) is 14.2. The topological polar surface area (TPSA) is 99.9 Å². The molecule has 0 amide bonds. The van der Waals surface area contributed by atoms with Crippen molar-refractivity contribution in [3.63, 3.8) is 0 Å². The Labute approximate surface area is 212 Å². The quantitative estimate of drug-likeness (QED) is 0.364. The minimum absolute atomic E-state index is 0.120. The average molecular weight is 490 g/mol. The lowest BCUT2D eigenvalue weighted by Crippen LogP contribution is -2.20. The Kier molecular flexibility index (Phi) is 7.49. The Balaban J connectivity index is 1.65. The van der Waals surface area contributed by atoms with E-state index in [0.29, 0.717) is 25.4 Å². The van der Waals surface area contributed by atoms with E-state index in [4.69, 9.17) is 19.4 Å². The highest BCUT2D eigenvalue weighted by molar-refractivity contribution is 5.88. The summed E-state index contributed by atoms with van der Waals surface area (Å²) in [7, 11) is 3.36. The van der Waals surface area contributed by atoms with Crippen LogP contribution in [0.15, 0.2) is 30.5 Å². The van der Waals surface area contributed by atoms with Crippen molar-refractivity contribution in [1.82, 2.24) is 29.7 Å². The van der Waals surface area contributed by atoms with Gasteiger partial charge in [0.1, 0.15) is 22.9 Å². The van der Waals surface area contributed by atoms with Crippen molar-refractivity contribution in [3.8, 4) is 17.1 Å². The molecule has 0 fully saturated rings. The van der Waals surface area contributed by atoms with Crippen LogP contribution >= 0.6 is 0 Å². The lowest BCUT2D eigenvalue weighted by atomic mass is 9.97. The normalized spacial score (nSPS) is 11.8. The molecule has 4 aromatic rings. The standard InChI is InChI=1S/C27H35N7O2/c1-17-12-21-15-28-23(31-24(21)25(30-17)29-16-27(3,4)5)14-19-8-9-20(13-22(19)36-7)26-33-32-18(2)34(26)10-11-35-6/h8-9,12-13,15H,10-11,14,16H2,1-7H3,(H,29,30).